The minimum Gasteiger partial charge on any atom is -0.370 e. The molecule has 0 aliphatic rings. The molecule has 0 spiro atoms. The average molecular weight is 220 g/mol. The second-order valence-electron chi connectivity index (χ2n) is 3.06. The number of anilines is 2. The highest BCUT2D eigenvalue weighted by Crippen LogP contribution is 2.09. The summed E-state index contributed by atoms with van der Waals surface area (Å²) in [7, 11) is 0. The number of hydrogen-bond acceptors (Lipinski definition) is 5. The first-order chi connectivity index (χ1) is 7.34. The van der Waals surface area contributed by atoms with Crippen molar-refractivity contribution in [1.82, 2.24) is 9.97 Å². The number of nitrogens with two attached hydrogens (primary N) is 1. The summed E-state index contributed by atoms with van der Waals surface area (Å²) in [6.45, 7) is 0.858. The van der Waals surface area contributed by atoms with Gasteiger partial charge in [-0.1, -0.05) is 6.07 Å². The Bertz CT molecular complexity index is 413. The van der Waals surface area contributed by atoms with Crippen LogP contribution in [0.15, 0.2) is 29.8 Å². The maximum atomic E-state index is 5.46. The molecular formula is C10H12N4S. The topological polar surface area (TPSA) is 63.8 Å². The van der Waals surface area contributed by atoms with E-state index in [1.165, 1.54) is 4.88 Å². The minimum atomic E-state index is 0.302. The maximum absolute atomic E-state index is 5.46. The van der Waals surface area contributed by atoms with E-state index in [-0.39, 0.29) is 0 Å². The molecule has 0 aliphatic carbocycles. The van der Waals surface area contributed by atoms with Gasteiger partial charge in [0, 0.05) is 17.6 Å². The predicted octanol–water partition coefficient (Wildman–Crippen LogP) is 1.77. The van der Waals surface area contributed by atoms with Crippen molar-refractivity contribution < 1.29 is 0 Å². The Kier molecular flexibility index (Phi) is 3.14. The summed E-state index contributed by atoms with van der Waals surface area (Å²) in [5.74, 6) is 1.08. The van der Waals surface area contributed by atoms with Gasteiger partial charge in [0.2, 0.25) is 5.95 Å². The molecule has 0 aromatic carbocycles. The highest BCUT2D eigenvalue weighted by atomic mass is 32.1. The van der Waals surface area contributed by atoms with E-state index in [4.69, 9.17) is 5.73 Å². The van der Waals surface area contributed by atoms with Gasteiger partial charge in [0.1, 0.15) is 5.82 Å². The van der Waals surface area contributed by atoms with Crippen LogP contribution < -0.4 is 11.1 Å². The molecule has 0 fully saturated rings. The first-order valence-corrected chi connectivity index (χ1v) is 5.57. The van der Waals surface area contributed by atoms with Crippen molar-refractivity contribution in [2.45, 2.75) is 6.42 Å². The van der Waals surface area contributed by atoms with Gasteiger partial charge in [-0.15, -0.1) is 11.3 Å². The number of aromatic nitrogens is 2. The number of nitrogens with zero attached hydrogens (tertiary/aromatic N) is 2. The van der Waals surface area contributed by atoms with Gasteiger partial charge < -0.3 is 11.1 Å². The van der Waals surface area contributed by atoms with Crippen molar-refractivity contribution in [2.75, 3.05) is 17.6 Å². The Morgan fingerprint density at radius 2 is 2.33 bits per heavy atom. The lowest BCUT2D eigenvalue weighted by Crippen LogP contribution is -2.06. The summed E-state index contributed by atoms with van der Waals surface area (Å²) < 4.78 is 0. The molecule has 5 heteroatoms. The van der Waals surface area contributed by atoms with Crippen molar-refractivity contribution in [3.8, 4) is 0 Å². The molecule has 15 heavy (non-hydrogen) atoms. The number of nitrogens with one attached hydrogen (secondary N) is 1. The lowest BCUT2D eigenvalue weighted by molar-refractivity contribution is 1.02. The van der Waals surface area contributed by atoms with Gasteiger partial charge in [0.05, 0.1) is 0 Å². The molecule has 0 atom stereocenters. The third-order valence-electron chi connectivity index (χ3n) is 1.93. The molecule has 0 radical (unpaired) electrons. The van der Waals surface area contributed by atoms with Gasteiger partial charge in [-0.3, -0.25) is 0 Å². The van der Waals surface area contributed by atoms with Gasteiger partial charge in [-0.05, 0) is 23.9 Å². The first kappa shape index (κ1) is 9.92. The van der Waals surface area contributed by atoms with Crippen molar-refractivity contribution in [2.24, 2.45) is 0 Å². The maximum Gasteiger partial charge on any atom is 0.221 e. The van der Waals surface area contributed by atoms with E-state index in [9.17, 15) is 0 Å². The van der Waals surface area contributed by atoms with Crippen LogP contribution in [-0.2, 0) is 6.42 Å². The predicted molar refractivity (Wildman–Crippen MR) is 63.0 cm³/mol. The SMILES string of the molecule is Nc1nccc(NCCc2cccs2)n1. The van der Waals surface area contributed by atoms with E-state index in [0.29, 0.717) is 5.95 Å². The van der Waals surface area contributed by atoms with Gasteiger partial charge in [-0.25, -0.2) is 4.98 Å². The smallest absolute Gasteiger partial charge is 0.221 e. The van der Waals surface area contributed by atoms with Crippen LogP contribution in [0.5, 0.6) is 0 Å². The third kappa shape index (κ3) is 2.92. The number of rotatable bonds is 4. The molecule has 2 heterocycles. The molecule has 4 nitrogen and oxygen atoms in total. The molecule has 2 aromatic heterocycles. The van der Waals surface area contributed by atoms with Crippen LogP contribution in [0.2, 0.25) is 0 Å². The first-order valence-electron chi connectivity index (χ1n) is 4.69. The van der Waals surface area contributed by atoms with Gasteiger partial charge in [0.15, 0.2) is 0 Å². The molecule has 0 saturated carbocycles. The highest BCUT2D eigenvalue weighted by Gasteiger charge is 1.96. The van der Waals surface area contributed by atoms with E-state index in [0.717, 1.165) is 18.8 Å². The molecule has 0 bridgehead atoms. The van der Waals surface area contributed by atoms with E-state index >= 15 is 0 Å². The zero-order valence-electron chi connectivity index (χ0n) is 8.18. The zero-order chi connectivity index (χ0) is 10.5. The summed E-state index contributed by atoms with van der Waals surface area (Å²) in [4.78, 5) is 9.24. The van der Waals surface area contributed by atoms with Gasteiger partial charge in [-0.2, -0.15) is 4.98 Å². The fourth-order valence-corrected chi connectivity index (χ4v) is 1.95. The fraction of sp³-hybridized carbons (Fsp3) is 0.200. The van der Waals surface area contributed by atoms with Crippen LogP contribution >= 0.6 is 11.3 Å². The highest BCUT2D eigenvalue weighted by molar-refractivity contribution is 7.09. The zero-order valence-corrected chi connectivity index (χ0v) is 9.00. The van der Waals surface area contributed by atoms with Gasteiger partial charge in [0.25, 0.3) is 0 Å². The van der Waals surface area contributed by atoms with Crippen LogP contribution in [0.4, 0.5) is 11.8 Å². The Labute approximate surface area is 92.2 Å². The fourth-order valence-electron chi connectivity index (χ4n) is 1.24. The molecular weight excluding hydrogens is 208 g/mol. The van der Waals surface area contributed by atoms with Crippen LogP contribution in [0.1, 0.15) is 4.88 Å². The summed E-state index contributed by atoms with van der Waals surface area (Å²) in [5, 5.41) is 5.28. The summed E-state index contributed by atoms with van der Waals surface area (Å²) in [6.07, 6.45) is 2.65. The number of nitrogen functional groups attached to an aromatic ring is 1. The van der Waals surface area contributed by atoms with Crippen molar-refractivity contribution in [1.29, 1.82) is 0 Å². The largest absolute Gasteiger partial charge is 0.370 e. The molecule has 0 aliphatic heterocycles. The molecule has 0 saturated heterocycles. The Morgan fingerprint density at radius 1 is 1.40 bits per heavy atom. The monoisotopic (exact) mass is 220 g/mol. The van der Waals surface area contributed by atoms with Crippen LogP contribution in [0.3, 0.4) is 0 Å². The lowest BCUT2D eigenvalue weighted by atomic mass is 10.3. The van der Waals surface area contributed by atoms with E-state index in [1.54, 1.807) is 17.5 Å². The van der Waals surface area contributed by atoms with E-state index in [1.807, 2.05) is 6.07 Å². The lowest BCUT2D eigenvalue weighted by Gasteiger charge is -2.03. The van der Waals surface area contributed by atoms with Crippen molar-refractivity contribution >= 4 is 23.1 Å². The number of hydrogen-bond donors (Lipinski definition) is 2. The van der Waals surface area contributed by atoms with Crippen LogP contribution in [0, 0.1) is 0 Å². The molecule has 0 unspecified atom stereocenters. The number of thiophene rings is 1. The molecule has 2 aromatic rings. The second kappa shape index (κ2) is 4.75. The third-order valence-corrected chi connectivity index (χ3v) is 2.87. The van der Waals surface area contributed by atoms with Crippen molar-refractivity contribution in [3.63, 3.8) is 0 Å². The van der Waals surface area contributed by atoms with E-state index in [2.05, 4.69) is 32.8 Å². The minimum absolute atomic E-state index is 0.302. The summed E-state index contributed by atoms with van der Waals surface area (Å²) >= 11 is 1.76. The van der Waals surface area contributed by atoms with Crippen molar-refractivity contribution in [3.05, 3.63) is 34.7 Å². The Balaban J connectivity index is 1.83. The van der Waals surface area contributed by atoms with Crippen LogP contribution in [-0.4, -0.2) is 16.5 Å². The molecule has 2 rings (SSSR count). The molecule has 78 valence electrons. The Morgan fingerprint density at radius 3 is 3.07 bits per heavy atom. The molecule has 0 amide bonds. The Hall–Kier alpha value is -1.62. The normalized spacial score (nSPS) is 10.1. The quantitative estimate of drug-likeness (QED) is 0.824. The van der Waals surface area contributed by atoms with Crippen LogP contribution in [0.25, 0.3) is 0 Å². The summed E-state index contributed by atoms with van der Waals surface area (Å²) in [6, 6.07) is 5.99. The summed E-state index contributed by atoms with van der Waals surface area (Å²) in [5.41, 5.74) is 5.46. The standard InChI is InChI=1S/C10H12N4S/c11-10-13-6-4-9(14-10)12-5-3-8-2-1-7-15-8/h1-2,4,6-7H,3,5H2,(H3,11,12,13,14). The van der Waals surface area contributed by atoms with Gasteiger partial charge >= 0.3 is 0 Å². The second-order valence-corrected chi connectivity index (χ2v) is 4.09. The van der Waals surface area contributed by atoms with E-state index < -0.39 is 0 Å². The molecule has 3 N–H and O–H groups in total. The average Bonchev–Trinajstić information content (AvgIpc) is 2.71.